The molecule has 1 N–H and O–H groups in total. The number of piperazine rings is 1. The average Bonchev–Trinajstić information content (AvgIpc) is 2.72. The van der Waals surface area contributed by atoms with Crippen molar-refractivity contribution in [3.63, 3.8) is 0 Å². The van der Waals surface area contributed by atoms with Crippen LogP contribution in [0.5, 0.6) is 5.75 Å². The second-order valence-corrected chi connectivity index (χ2v) is 8.15. The maximum atomic E-state index is 12.6. The highest BCUT2D eigenvalue weighted by molar-refractivity contribution is 5.93. The van der Waals surface area contributed by atoms with Crippen molar-refractivity contribution in [3.8, 4) is 5.75 Å². The van der Waals surface area contributed by atoms with Crippen LogP contribution in [0.15, 0.2) is 48.5 Å². The molecule has 0 saturated carbocycles. The molecule has 0 radical (unpaired) electrons. The second kappa shape index (κ2) is 9.68. The molecular weight excluding hydrogens is 362 g/mol. The first kappa shape index (κ1) is 21.0. The third kappa shape index (κ3) is 5.43. The first-order chi connectivity index (χ1) is 14.0. The zero-order chi connectivity index (χ0) is 20.8. The number of amides is 1. The number of anilines is 3. The van der Waals surface area contributed by atoms with Crippen LogP contribution >= 0.6 is 0 Å². The van der Waals surface area contributed by atoms with Gasteiger partial charge in [-0.2, -0.15) is 0 Å². The lowest BCUT2D eigenvalue weighted by Gasteiger charge is -2.37. The van der Waals surface area contributed by atoms with Crippen molar-refractivity contribution in [2.75, 3.05) is 47.4 Å². The number of rotatable bonds is 7. The van der Waals surface area contributed by atoms with E-state index in [4.69, 9.17) is 0 Å². The molecule has 0 spiro atoms. The van der Waals surface area contributed by atoms with E-state index in [-0.39, 0.29) is 5.91 Å². The Kier molecular flexibility index (Phi) is 7.02. The summed E-state index contributed by atoms with van der Waals surface area (Å²) in [7, 11) is 0. The van der Waals surface area contributed by atoms with Crippen molar-refractivity contribution >= 4 is 23.0 Å². The van der Waals surface area contributed by atoms with Gasteiger partial charge in [-0.25, -0.2) is 0 Å². The van der Waals surface area contributed by atoms with Gasteiger partial charge in [-0.15, -0.1) is 0 Å². The molecule has 29 heavy (non-hydrogen) atoms. The Morgan fingerprint density at radius 3 is 1.86 bits per heavy atom. The molecule has 1 fully saturated rings. The lowest BCUT2D eigenvalue weighted by molar-refractivity contribution is -0.119. The Hall–Kier alpha value is -2.69. The summed E-state index contributed by atoms with van der Waals surface area (Å²) in [6.07, 6.45) is 1.53. The molecule has 5 heteroatoms. The van der Waals surface area contributed by atoms with Crippen LogP contribution in [-0.2, 0) is 4.79 Å². The standard InChI is InChI=1S/C24H33N3O2/c1-4-13-27(24(29)18-19(2)3)22-7-5-20(6-8-22)25-14-16-26(17-15-25)21-9-11-23(28)12-10-21/h5-12,19,28H,4,13-18H2,1-3H3. The van der Waals surface area contributed by atoms with Crippen LogP contribution in [-0.4, -0.2) is 43.7 Å². The molecule has 0 aromatic heterocycles. The summed E-state index contributed by atoms with van der Waals surface area (Å²) in [5.41, 5.74) is 3.34. The third-order valence-corrected chi connectivity index (χ3v) is 5.35. The molecule has 0 aliphatic carbocycles. The number of phenols is 1. The van der Waals surface area contributed by atoms with Crippen molar-refractivity contribution in [1.29, 1.82) is 0 Å². The Labute approximate surface area is 174 Å². The van der Waals surface area contributed by atoms with Gasteiger partial charge in [0.25, 0.3) is 0 Å². The van der Waals surface area contributed by atoms with Gasteiger partial charge in [-0.1, -0.05) is 20.8 Å². The Balaban J connectivity index is 1.62. The molecule has 2 aromatic rings. The van der Waals surface area contributed by atoms with Crippen molar-refractivity contribution in [2.45, 2.75) is 33.6 Å². The van der Waals surface area contributed by atoms with Crippen LogP contribution in [0.2, 0.25) is 0 Å². The van der Waals surface area contributed by atoms with E-state index in [9.17, 15) is 9.90 Å². The highest BCUT2D eigenvalue weighted by atomic mass is 16.3. The van der Waals surface area contributed by atoms with Crippen LogP contribution in [0.4, 0.5) is 17.1 Å². The fourth-order valence-corrected chi connectivity index (χ4v) is 3.81. The predicted molar refractivity (Wildman–Crippen MR) is 121 cm³/mol. The lowest BCUT2D eigenvalue weighted by Crippen LogP contribution is -2.46. The SMILES string of the molecule is CCCN(C(=O)CC(C)C)c1ccc(N2CCN(c3ccc(O)cc3)CC2)cc1. The van der Waals surface area contributed by atoms with E-state index in [1.807, 2.05) is 17.0 Å². The topological polar surface area (TPSA) is 47.0 Å². The molecule has 2 aromatic carbocycles. The van der Waals surface area contributed by atoms with E-state index in [1.165, 1.54) is 5.69 Å². The monoisotopic (exact) mass is 395 g/mol. The molecule has 5 nitrogen and oxygen atoms in total. The number of hydrogen-bond donors (Lipinski definition) is 1. The predicted octanol–water partition coefficient (Wildman–Crippen LogP) is 4.51. The molecule has 1 aliphatic rings. The largest absolute Gasteiger partial charge is 0.508 e. The molecule has 0 unspecified atom stereocenters. The van der Waals surface area contributed by atoms with Crippen LogP contribution in [0, 0.1) is 5.92 Å². The fourth-order valence-electron chi connectivity index (χ4n) is 3.81. The number of aromatic hydroxyl groups is 1. The number of carbonyl (C=O) groups is 1. The Morgan fingerprint density at radius 2 is 1.41 bits per heavy atom. The van der Waals surface area contributed by atoms with Crippen LogP contribution in [0.3, 0.4) is 0 Å². The molecule has 1 amide bonds. The fraction of sp³-hybridized carbons (Fsp3) is 0.458. The minimum absolute atomic E-state index is 0.206. The minimum atomic E-state index is 0.206. The normalized spacial score (nSPS) is 14.3. The van der Waals surface area contributed by atoms with Gasteiger partial charge in [0, 0.05) is 56.2 Å². The number of nitrogens with zero attached hydrogens (tertiary/aromatic N) is 3. The molecule has 0 bridgehead atoms. The van der Waals surface area contributed by atoms with Gasteiger partial charge < -0.3 is 19.8 Å². The van der Waals surface area contributed by atoms with Gasteiger partial charge in [-0.3, -0.25) is 4.79 Å². The van der Waals surface area contributed by atoms with Gasteiger partial charge in [-0.05, 0) is 60.9 Å². The molecule has 156 valence electrons. The van der Waals surface area contributed by atoms with E-state index in [0.717, 1.165) is 50.5 Å². The minimum Gasteiger partial charge on any atom is -0.508 e. The summed E-state index contributed by atoms with van der Waals surface area (Å²) < 4.78 is 0. The molecule has 3 rings (SSSR count). The highest BCUT2D eigenvalue weighted by Gasteiger charge is 2.19. The van der Waals surface area contributed by atoms with E-state index in [2.05, 4.69) is 54.8 Å². The van der Waals surface area contributed by atoms with Gasteiger partial charge in [0.05, 0.1) is 0 Å². The Bertz CT molecular complexity index is 779. The molecular formula is C24H33N3O2. The first-order valence-electron chi connectivity index (χ1n) is 10.7. The summed E-state index contributed by atoms with van der Waals surface area (Å²) >= 11 is 0. The third-order valence-electron chi connectivity index (χ3n) is 5.35. The zero-order valence-corrected chi connectivity index (χ0v) is 17.8. The maximum absolute atomic E-state index is 12.6. The van der Waals surface area contributed by atoms with Crippen LogP contribution in [0.1, 0.15) is 33.6 Å². The zero-order valence-electron chi connectivity index (χ0n) is 17.8. The summed E-state index contributed by atoms with van der Waals surface area (Å²) in [6.45, 7) is 10.8. The van der Waals surface area contributed by atoms with E-state index in [1.54, 1.807) is 12.1 Å². The summed E-state index contributed by atoms with van der Waals surface area (Å²) in [5, 5.41) is 9.47. The van der Waals surface area contributed by atoms with Gasteiger partial charge in [0.2, 0.25) is 5.91 Å². The van der Waals surface area contributed by atoms with Gasteiger partial charge in [0.1, 0.15) is 5.75 Å². The van der Waals surface area contributed by atoms with Gasteiger partial charge in [0.15, 0.2) is 0 Å². The van der Waals surface area contributed by atoms with E-state index >= 15 is 0 Å². The Morgan fingerprint density at radius 1 is 0.931 bits per heavy atom. The molecule has 1 saturated heterocycles. The quantitative estimate of drug-likeness (QED) is 0.749. The number of carbonyl (C=O) groups excluding carboxylic acids is 1. The lowest BCUT2D eigenvalue weighted by atomic mass is 10.1. The summed E-state index contributed by atoms with van der Waals surface area (Å²) in [4.78, 5) is 19.3. The first-order valence-corrected chi connectivity index (χ1v) is 10.7. The van der Waals surface area contributed by atoms with Crippen molar-refractivity contribution in [3.05, 3.63) is 48.5 Å². The number of benzene rings is 2. The van der Waals surface area contributed by atoms with E-state index < -0.39 is 0 Å². The van der Waals surface area contributed by atoms with Crippen LogP contribution in [0.25, 0.3) is 0 Å². The van der Waals surface area contributed by atoms with Crippen molar-refractivity contribution < 1.29 is 9.90 Å². The number of phenolic OH excluding ortho intramolecular Hbond substituents is 1. The van der Waals surface area contributed by atoms with Gasteiger partial charge >= 0.3 is 0 Å². The smallest absolute Gasteiger partial charge is 0.227 e. The molecule has 1 heterocycles. The maximum Gasteiger partial charge on any atom is 0.227 e. The number of hydrogen-bond acceptors (Lipinski definition) is 4. The average molecular weight is 396 g/mol. The molecule has 0 atom stereocenters. The van der Waals surface area contributed by atoms with E-state index in [0.29, 0.717) is 18.1 Å². The molecule has 1 aliphatic heterocycles. The summed E-state index contributed by atoms with van der Waals surface area (Å²) in [6, 6.07) is 15.8. The summed E-state index contributed by atoms with van der Waals surface area (Å²) in [5.74, 6) is 0.875. The second-order valence-electron chi connectivity index (χ2n) is 8.15. The highest BCUT2D eigenvalue weighted by Crippen LogP contribution is 2.25. The van der Waals surface area contributed by atoms with Crippen molar-refractivity contribution in [1.82, 2.24) is 0 Å². The van der Waals surface area contributed by atoms with Crippen LogP contribution < -0.4 is 14.7 Å². The van der Waals surface area contributed by atoms with Crippen molar-refractivity contribution in [2.24, 2.45) is 5.92 Å².